The molecule has 1 aromatic rings. The van der Waals surface area contributed by atoms with Crippen molar-refractivity contribution < 1.29 is 19.1 Å². The highest BCUT2D eigenvalue weighted by molar-refractivity contribution is 5.80. The Labute approximate surface area is 191 Å². The molecule has 1 rings (SSSR count). The summed E-state index contributed by atoms with van der Waals surface area (Å²) < 4.78 is 3.89. The van der Waals surface area contributed by atoms with Gasteiger partial charge in [-0.3, -0.25) is 14.5 Å². The molecule has 0 spiro atoms. The van der Waals surface area contributed by atoms with E-state index >= 15 is 0 Å². The first-order valence-corrected chi connectivity index (χ1v) is 11.4. The molecule has 6 nitrogen and oxygen atoms in total. The zero-order valence-electron chi connectivity index (χ0n) is 21.7. The van der Waals surface area contributed by atoms with E-state index in [-0.39, 0.29) is 11.8 Å². The lowest BCUT2D eigenvalue weighted by Crippen LogP contribution is -2.37. The minimum Gasteiger partial charge on any atom is -0.453 e. The van der Waals surface area contributed by atoms with Crippen molar-refractivity contribution in [2.75, 3.05) is 20.2 Å². The van der Waals surface area contributed by atoms with Crippen LogP contribution in [0.5, 0.6) is 0 Å². The summed E-state index contributed by atoms with van der Waals surface area (Å²) in [5.41, 5.74) is 5.68. The Hall–Kier alpha value is -2.21. The van der Waals surface area contributed by atoms with E-state index in [2.05, 4.69) is 41.4 Å². The number of rotatable bonds is 8. The van der Waals surface area contributed by atoms with Gasteiger partial charge in [-0.05, 0) is 38.9 Å². The second-order valence-corrected chi connectivity index (χ2v) is 5.91. The number of Topliss-reactive ketones (excluding diaryl/α,β-unsaturated/α-hetero) is 2. The molecule has 0 heterocycles. The minimum absolute atomic E-state index is 0.0926. The van der Waals surface area contributed by atoms with E-state index in [1.807, 2.05) is 59.7 Å². The van der Waals surface area contributed by atoms with Gasteiger partial charge in [-0.2, -0.15) is 0 Å². The molecule has 0 radical (unpaired) electrons. The first kappa shape index (κ1) is 36.2. The minimum atomic E-state index is -0.745. The van der Waals surface area contributed by atoms with Gasteiger partial charge in [-0.1, -0.05) is 78.8 Å². The SMILES string of the molecule is CC.CC.CCC(=O)CCc1ccccc1.CCN(CC)C(C)C(C)=O.COC(N)=O. The number of hydrogen-bond acceptors (Lipinski definition) is 5. The highest BCUT2D eigenvalue weighted by atomic mass is 16.5. The van der Waals surface area contributed by atoms with E-state index in [1.165, 1.54) is 12.7 Å². The number of amides is 1. The summed E-state index contributed by atoms with van der Waals surface area (Å²) >= 11 is 0. The molecule has 6 heteroatoms. The normalized spacial score (nSPS) is 9.65. The Morgan fingerprint density at radius 3 is 1.65 bits per heavy atom. The molecule has 0 saturated carbocycles. The van der Waals surface area contributed by atoms with Crippen molar-refractivity contribution in [2.45, 2.75) is 87.6 Å². The van der Waals surface area contributed by atoms with Gasteiger partial charge in [0.05, 0.1) is 13.2 Å². The zero-order valence-corrected chi connectivity index (χ0v) is 21.7. The summed E-state index contributed by atoms with van der Waals surface area (Å²) in [6.45, 7) is 19.6. The van der Waals surface area contributed by atoms with Gasteiger partial charge in [0.1, 0.15) is 11.6 Å². The smallest absolute Gasteiger partial charge is 0.404 e. The predicted octanol–water partition coefficient (Wildman–Crippen LogP) is 5.67. The maximum atomic E-state index is 11.0. The third kappa shape index (κ3) is 25.8. The van der Waals surface area contributed by atoms with Gasteiger partial charge in [-0.15, -0.1) is 0 Å². The standard InChI is InChI=1S/C11H14O.C8H17NO.C2H5NO2.2C2H6/c1-2-11(12)9-8-10-6-4-3-5-7-10;1-5-9(6-2)7(3)8(4)10;1-5-2(3)4;2*1-2/h3-7H,2,8-9H2,1H3;7H,5-6H2,1-4H3;1H3,(H2,3,4);2*1-2H3. The molecule has 0 aliphatic heterocycles. The molecule has 0 saturated heterocycles. The lowest BCUT2D eigenvalue weighted by molar-refractivity contribution is -0.121. The van der Waals surface area contributed by atoms with Crippen LogP contribution in [0.25, 0.3) is 0 Å². The third-order valence-electron chi connectivity index (χ3n) is 4.08. The van der Waals surface area contributed by atoms with Crippen molar-refractivity contribution in [3.8, 4) is 0 Å². The Balaban J connectivity index is -0.000000173. The van der Waals surface area contributed by atoms with Crippen LogP contribution in [0.2, 0.25) is 0 Å². The Morgan fingerprint density at radius 1 is 0.968 bits per heavy atom. The summed E-state index contributed by atoms with van der Waals surface area (Å²) in [5, 5.41) is 0. The van der Waals surface area contributed by atoms with Gasteiger partial charge in [0, 0.05) is 12.8 Å². The van der Waals surface area contributed by atoms with Crippen molar-refractivity contribution in [1.29, 1.82) is 0 Å². The molecule has 1 amide bonds. The molecule has 0 aliphatic rings. The largest absolute Gasteiger partial charge is 0.453 e. The molecule has 0 bridgehead atoms. The van der Waals surface area contributed by atoms with Crippen LogP contribution in [-0.4, -0.2) is 48.8 Å². The quantitative estimate of drug-likeness (QED) is 0.562. The number of nitrogens with two attached hydrogens (primary N) is 1. The fourth-order valence-corrected chi connectivity index (χ4v) is 2.13. The number of ketones is 2. The molecule has 31 heavy (non-hydrogen) atoms. The van der Waals surface area contributed by atoms with Crippen LogP contribution in [0, 0.1) is 0 Å². The predicted molar refractivity (Wildman–Crippen MR) is 132 cm³/mol. The topological polar surface area (TPSA) is 89.7 Å². The van der Waals surface area contributed by atoms with E-state index in [0.29, 0.717) is 18.6 Å². The number of benzene rings is 1. The second kappa shape index (κ2) is 27.8. The van der Waals surface area contributed by atoms with Crippen molar-refractivity contribution >= 4 is 17.7 Å². The molecule has 1 aromatic carbocycles. The molecule has 2 N–H and O–H groups in total. The van der Waals surface area contributed by atoms with E-state index in [9.17, 15) is 14.4 Å². The monoisotopic (exact) mass is 440 g/mol. The Kier molecular flexibility index (Phi) is 32.4. The summed E-state index contributed by atoms with van der Waals surface area (Å²) in [6.07, 6.45) is 1.48. The highest BCUT2D eigenvalue weighted by Gasteiger charge is 2.13. The van der Waals surface area contributed by atoms with E-state index in [4.69, 9.17) is 0 Å². The Morgan fingerprint density at radius 2 is 1.39 bits per heavy atom. The number of nitrogens with zero attached hydrogens (tertiary/aromatic N) is 1. The van der Waals surface area contributed by atoms with Crippen LogP contribution in [0.15, 0.2) is 30.3 Å². The first-order valence-electron chi connectivity index (χ1n) is 11.4. The number of aryl methyl sites for hydroxylation is 1. The third-order valence-corrected chi connectivity index (χ3v) is 4.08. The van der Waals surface area contributed by atoms with Crippen molar-refractivity contribution in [2.24, 2.45) is 5.73 Å². The lowest BCUT2D eigenvalue weighted by atomic mass is 10.1. The molecule has 0 aliphatic carbocycles. The van der Waals surface area contributed by atoms with Gasteiger partial charge in [-0.25, -0.2) is 4.79 Å². The van der Waals surface area contributed by atoms with Crippen molar-refractivity contribution in [3.63, 3.8) is 0 Å². The highest BCUT2D eigenvalue weighted by Crippen LogP contribution is 2.03. The molecule has 182 valence electrons. The molecular formula is C25H48N2O4. The molecule has 1 atom stereocenters. The molecular weight excluding hydrogens is 392 g/mol. The van der Waals surface area contributed by atoms with Crippen LogP contribution >= 0.6 is 0 Å². The summed E-state index contributed by atoms with van der Waals surface area (Å²) in [4.78, 5) is 33.4. The van der Waals surface area contributed by atoms with Gasteiger partial charge >= 0.3 is 6.09 Å². The number of methoxy groups -OCH3 is 1. The van der Waals surface area contributed by atoms with Crippen LogP contribution in [0.1, 0.15) is 80.7 Å². The number of hydrogen-bond donors (Lipinski definition) is 1. The van der Waals surface area contributed by atoms with Crippen LogP contribution in [-0.2, 0) is 20.7 Å². The summed E-state index contributed by atoms with van der Waals surface area (Å²) in [6, 6.07) is 10.2. The molecule has 0 fully saturated rings. The van der Waals surface area contributed by atoms with Crippen molar-refractivity contribution in [1.82, 2.24) is 4.90 Å². The fourth-order valence-electron chi connectivity index (χ4n) is 2.13. The molecule has 0 aromatic heterocycles. The lowest BCUT2D eigenvalue weighted by Gasteiger charge is -2.23. The average Bonchev–Trinajstić information content (AvgIpc) is 2.82. The zero-order chi connectivity index (χ0) is 25.2. The maximum absolute atomic E-state index is 11.0. The number of carbonyl (C=O) groups excluding carboxylic acids is 3. The summed E-state index contributed by atoms with van der Waals surface area (Å²) in [5.74, 6) is 0.600. The fraction of sp³-hybridized carbons (Fsp3) is 0.640. The van der Waals surface area contributed by atoms with Gasteiger partial charge in [0.15, 0.2) is 0 Å². The average molecular weight is 441 g/mol. The number of ether oxygens (including phenoxy) is 1. The van der Waals surface area contributed by atoms with Crippen molar-refractivity contribution in [3.05, 3.63) is 35.9 Å². The Bertz CT molecular complexity index is 530. The summed E-state index contributed by atoms with van der Waals surface area (Å²) in [7, 11) is 1.22. The maximum Gasteiger partial charge on any atom is 0.404 e. The van der Waals surface area contributed by atoms with Crippen LogP contribution in [0.4, 0.5) is 4.79 Å². The molecule has 1 unspecified atom stereocenters. The number of likely N-dealkylation sites (N-methyl/N-ethyl adjacent to an activating group) is 1. The van der Waals surface area contributed by atoms with Gasteiger partial charge < -0.3 is 10.5 Å². The first-order chi connectivity index (χ1) is 14.7. The second-order valence-electron chi connectivity index (χ2n) is 5.91. The van der Waals surface area contributed by atoms with Crippen LogP contribution in [0.3, 0.4) is 0 Å². The van der Waals surface area contributed by atoms with E-state index < -0.39 is 6.09 Å². The van der Waals surface area contributed by atoms with E-state index in [0.717, 1.165) is 19.5 Å². The number of carbonyl (C=O) groups is 3. The van der Waals surface area contributed by atoms with Crippen LogP contribution < -0.4 is 5.73 Å². The number of primary amides is 1. The van der Waals surface area contributed by atoms with Gasteiger partial charge in [0.25, 0.3) is 0 Å². The van der Waals surface area contributed by atoms with E-state index in [1.54, 1.807) is 6.92 Å². The van der Waals surface area contributed by atoms with Gasteiger partial charge in [0.2, 0.25) is 0 Å².